The minimum absolute atomic E-state index is 0.00173. The number of nitrogens with zero attached hydrogens (tertiary/aromatic N) is 7. The van der Waals surface area contributed by atoms with Crippen LogP contribution in [0.15, 0.2) is 66.9 Å². The van der Waals surface area contributed by atoms with Crippen molar-refractivity contribution in [1.29, 1.82) is 0 Å². The predicted octanol–water partition coefficient (Wildman–Crippen LogP) is 8.04. The number of aryl methyl sites for hydroxylation is 3. The summed E-state index contributed by atoms with van der Waals surface area (Å²) in [4.78, 5) is 36.7. The average molecular weight is 878 g/mol. The third kappa shape index (κ3) is 14.1. The van der Waals surface area contributed by atoms with Crippen molar-refractivity contribution < 1.29 is 24.2 Å². The number of rotatable bonds is 14. The minimum atomic E-state index is -0.904. The normalized spacial score (nSPS) is 16.6. The molecule has 0 aliphatic carbocycles. The summed E-state index contributed by atoms with van der Waals surface area (Å²) in [7, 11) is 1.97. The number of aromatic nitrogens is 2. The molecule has 0 saturated carbocycles. The molecule has 348 valence electrons. The predicted molar refractivity (Wildman–Crippen MR) is 257 cm³/mol. The highest BCUT2D eigenvalue weighted by Crippen LogP contribution is 2.32. The molecule has 12 heteroatoms. The molecular formula is C52H75N7O5. The largest absolute Gasteiger partial charge is 0.492 e. The maximum absolute atomic E-state index is 13.8. The average Bonchev–Trinajstić information content (AvgIpc) is 3.50. The molecule has 4 aromatic rings. The van der Waals surface area contributed by atoms with Gasteiger partial charge in [-0.15, -0.1) is 0 Å². The number of piperazine rings is 2. The highest BCUT2D eigenvalue weighted by molar-refractivity contribution is 6.06. The quantitative estimate of drug-likeness (QED) is 0.134. The van der Waals surface area contributed by atoms with Crippen molar-refractivity contribution in [2.24, 2.45) is 17.9 Å². The number of anilines is 1. The van der Waals surface area contributed by atoms with Crippen LogP contribution < -0.4 is 14.4 Å². The molecule has 2 fully saturated rings. The standard InChI is InChI=1S/C32H43N5O2.C20H32N2O3/c1-24-20-26(10-11-30(24)39-19-18-36-16-14-35(15-17-36)13-12-32(2,3)4)31(38)37-23-27-22-33-34(5)29(27)21-25-8-6-7-9-28(25)37;1-16-15-17(19(23)24)5-6-18(16)25-14-13-22-11-9-21(10-12-22)8-7-20(2,3)4/h6-11,20,22H,12-19,21,23H2,1-5H3;5-6,15H,7-14H2,1-4H3,(H,23,24). The molecule has 3 aliphatic rings. The summed E-state index contributed by atoms with van der Waals surface area (Å²) in [6.45, 7) is 32.6. The molecule has 0 unspecified atom stereocenters. The molecule has 2 saturated heterocycles. The monoisotopic (exact) mass is 878 g/mol. The molecule has 0 bridgehead atoms. The molecule has 3 aromatic carbocycles. The number of carbonyl (C=O) groups is 2. The van der Waals surface area contributed by atoms with E-state index < -0.39 is 5.97 Å². The van der Waals surface area contributed by atoms with Crippen LogP contribution in [0.1, 0.15) is 103 Å². The molecule has 1 N–H and O–H groups in total. The van der Waals surface area contributed by atoms with Crippen LogP contribution in [0.25, 0.3) is 0 Å². The maximum atomic E-state index is 13.8. The number of fused-ring (bicyclic) bond motifs is 2. The highest BCUT2D eigenvalue weighted by atomic mass is 16.5. The number of para-hydroxylation sites is 1. The van der Waals surface area contributed by atoms with Gasteiger partial charge in [0.1, 0.15) is 24.7 Å². The Morgan fingerprint density at radius 3 is 1.59 bits per heavy atom. The Morgan fingerprint density at radius 1 is 0.641 bits per heavy atom. The van der Waals surface area contributed by atoms with Crippen molar-refractivity contribution in [3.63, 3.8) is 0 Å². The van der Waals surface area contributed by atoms with Crippen molar-refractivity contribution in [2.75, 3.05) is 96.7 Å². The van der Waals surface area contributed by atoms with Crippen LogP contribution in [0.2, 0.25) is 0 Å². The van der Waals surface area contributed by atoms with Gasteiger partial charge in [-0.3, -0.25) is 19.3 Å². The highest BCUT2D eigenvalue weighted by Gasteiger charge is 2.27. The number of benzene rings is 3. The van der Waals surface area contributed by atoms with Gasteiger partial charge in [-0.1, -0.05) is 59.7 Å². The fourth-order valence-corrected chi connectivity index (χ4v) is 8.48. The Kier molecular flexibility index (Phi) is 16.7. The number of carboxylic acids is 1. The van der Waals surface area contributed by atoms with Gasteiger partial charge in [-0.25, -0.2) is 4.79 Å². The number of hydrogen-bond donors (Lipinski definition) is 1. The number of carboxylic acid groups (broad SMARTS) is 1. The SMILES string of the molecule is Cc1cc(C(=O)N2Cc3cnn(C)c3Cc3ccccc32)ccc1OCCN1CCN(CCC(C)(C)C)CC1.Cc1cc(C(=O)O)ccc1OCCN1CCN(CCC(C)(C)C)CC1. The van der Waals surface area contributed by atoms with Crippen LogP contribution in [-0.2, 0) is 20.0 Å². The zero-order valence-corrected chi connectivity index (χ0v) is 40.3. The Balaban J connectivity index is 0.000000235. The maximum Gasteiger partial charge on any atom is 0.335 e. The fraction of sp³-hybridized carbons (Fsp3) is 0.558. The summed E-state index contributed by atoms with van der Waals surface area (Å²) in [5, 5.41) is 13.4. The lowest BCUT2D eigenvalue weighted by Crippen LogP contribution is -2.48. The van der Waals surface area contributed by atoms with Gasteiger partial charge in [0.2, 0.25) is 0 Å². The molecular weight excluding hydrogens is 803 g/mol. The van der Waals surface area contributed by atoms with Gasteiger partial charge in [-0.05, 0) is 110 Å². The zero-order chi connectivity index (χ0) is 46.0. The van der Waals surface area contributed by atoms with E-state index in [2.05, 4.69) is 72.3 Å². The first-order valence-electron chi connectivity index (χ1n) is 23.4. The summed E-state index contributed by atoms with van der Waals surface area (Å²) in [5.74, 6) is 0.715. The van der Waals surface area contributed by atoms with Crippen molar-refractivity contribution in [3.8, 4) is 11.5 Å². The topological polar surface area (TPSA) is 107 Å². The van der Waals surface area contributed by atoms with Crippen LogP contribution in [0.3, 0.4) is 0 Å². The van der Waals surface area contributed by atoms with Crippen LogP contribution in [0.5, 0.6) is 11.5 Å². The van der Waals surface area contributed by atoms with E-state index in [1.54, 1.807) is 18.2 Å². The van der Waals surface area contributed by atoms with E-state index >= 15 is 0 Å². The lowest BCUT2D eigenvalue weighted by molar-refractivity contribution is 0.0696. The molecule has 12 nitrogen and oxygen atoms in total. The van der Waals surface area contributed by atoms with Crippen LogP contribution >= 0.6 is 0 Å². The molecule has 1 amide bonds. The van der Waals surface area contributed by atoms with Gasteiger partial charge in [0.15, 0.2) is 0 Å². The Morgan fingerprint density at radius 2 is 1.11 bits per heavy atom. The Bertz CT molecular complexity index is 2160. The second-order valence-corrected chi connectivity index (χ2v) is 20.4. The van der Waals surface area contributed by atoms with Gasteiger partial charge in [0.25, 0.3) is 5.91 Å². The number of hydrogen-bond acceptors (Lipinski definition) is 9. The van der Waals surface area contributed by atoms with E-state index in [1.165, 1.54) is 25.9 Å². The molecule has 4 heterocycles. The van der Waals surface area contributed by atoms with Crippen LogP contribution in [0, 0.1) is 24.7 Å². The molecule has 0 spiro atoms. The van der Waals surface area contributed by atoms with Crippen molar-refractivity contribution in [2.45, 2.75) is 81.2 Å². The minimum Gasteiger partial charge on any atom is -0.492 e. The lowest BCUT2D eigenvalue weighted by Gasteiger charge is -2.35. The molecule has 0 radical (unpaired) electrons. The first-order chi connectivity index (χ1) is 30.4. The first-order valence-corrected chi connectivity index (χ1v) is 23.4. The molecule has 64 heavy (non-hydrogen) atoms. The van der Waals surface area contributed by atoms with E-state index in [0.29, 0.717) is 41.7 Å². The van der Waals surface area contributed by atoms with Crippen molar-refractivity contribution >= 4 is 17.6 Å². The summed E-state index contributed by atoms with van der Waals surface area (Å²) in [5.41, 5.74) is 7.98. The van der Waals surface area contributed by atoms with Gasteiger partial charge in [0.05, 0.1) is 18.3 Å². The van der Waals surface area contributed by atoms with Crippen molar-refractivity contribution in [1.82, 2.24) is 29.4 Å². The van der Waals surface area contributed by atoms with Crippen molar-refractivity contribution in [3.05, 3.63) is 106 Å². The summed E-state index contributed by atoms with van der Waals surface area (Å²) in [6, 6.07) is 19.0. The first kappa shape index (κ1) is 48.7. The summed E-state index contributed by atoms with van der Waals surface area (Å²) < 4.78 is 13.9. The van der Waals surface area contributed by atoms with Crippen LogP contribution in [-0.4, -0.2) is 138 Å². The Labute approximate surface area is 383 Å². The molecule has 3 aliphatic heterocycles. The molecule has 1 aromatic heterocycles. The third-order valence-corrected chi connectivity index (χ3v) is 12.8. The van der Waals surface area contributed by atoms with Gasteiger partial charge >= 0.3 is 5.97 Å². The second kappa shape index (κ2) is 22.0. The summed E-state index contributed by atoms with van der Waals surface area (Å²) in [6.07, 6.45) is 5.13. The smallest absolute Gasteiger partial charge is 0.335 e. The summed E-state index contributed by atoms with van der Waals surface area (Å²) >= 11 is 0. The van der Waals surface area contributed by atoms with Crippen LogP contribution in [0.4, 0.5) is 5.69 Å². The van der Waals surface area contributed by atoms with Gasteiger partial charge in [0, 0.05) is 101 Å². The Hall–Kier alpha value is -4.75. The number of carbonyl (C=O) groups excluding carboxylic acids is 1. The number of ether oxygens (including phenoxy) is 2. The molecule has 0 atom stereocenters. The number of aromatic carboxylic acids is 1. The van der Waals surface area contributed by atoms with E-state index in [4.69, 9.17) is 14.6 Å². The van der Waals surface area contributed by atoms with E-state index in [0.717, 1.165) is 117 Å². The van der Waals surface area contributed by atoms with Gasteiger partial charge < -0.3 is 29.3 Å². The lowest BCUT2D eigenvalue weighted by atomic mass is 9.92. The third-order valence-electron chi connectivity index (χ3n) is 12.8. The van der Waals surface area contributed by atoms with E-state index in [9.17, 15) is 9.59 Å². The second-order valence-electron chi connectivity index (χ2n) is 20.4. The molecule has 7 rings (SSSR count). The van der Waals surface area contributed by atoms with Gasteiger partial charge in [-0.2, -0.15) is 5.10 Å². The van der Waals surface area contributed by atoms with E-state index in [1.807, 2.05) is 73.1 Å². The fourth-order valence-electron chi connectivity index (χ4n) is 8.48. The zero-order valence-electron chi connectivity index (χ0n) is 40.3. The number of amides is 1. The van der Waals surface area contributed by atoms with E-state index in [-0.39, 0.29) is 5.91 Å².